The summed E-state index contributed by atoms with van der Waals surface area (Å²) in [7, 11) is 5.76. The van der Waals surface area contributed by atoms with E-state index < -0.39 is 0 Å². The van der Waals surface area contributed by atoms with Crippen LogP contribution in [0, 0.1) is 0 Å². The van der Waals surface area contributed by atoms with E-state index >= 15 is 0 Å². The second kappa shape index (κ2) is 9.20. The molecular weight excluding hydrogens is 454 g/mol. The van der Waals surface area contributed by atoms with Crippen LogP contribution in [-0.4, -0.2) is 63.8 Å². The summed E-state index contributed by atoms with van der Waals surface area (Å²) >= 11 is 0. The lowest BCUT2D eigenvalue weighted by Gasteiger charge is -2.29. The van der Waals surface area contributed by atoms with E-state index in [1.54, 1.807) is 13.2 Å². The molecule has 2 fully saturated rings. The molecule has 36 heavy (non-hydrogen) atoms. The molecule has 1 saturated heterocycles. The van der Waals surface area contributed by atoms with Crippen LogP contribution in [0.4, 0.5) is 11.6 Å². The van der Waals surface area contributed by atoms with Crippen molar-refractivity contribution >= 4 is 17.5 Å². The third-order valence-corrected chi connectivity index (χ3v) is 7.62. The smallest absolute Gasteiger partial charge is 0.251 e. The molecule has 0 spiro atoms. The van der Waals surface area contributed by atoms with E-state index in [-0.39, 0.29) is 11.9 Å². The van der Waals surface area contributed by atoms with Crippen LogP contribution in [0.15, 0.2) is 24.4 Å². The standard InChI is InChI=1S/C27H33N7O2/c1-33-12-10-19(11-13-33)29-26(35)17-6-8-20(22(14-17)36-3)30-27-28-15-18-7-9-21-23(24(18)31-27)25(16-4-5-16)34(2)32-21/h6,8,14-16,19H,4-5,7,9-13H2,1-3H3,(H,29,35)(H,28,30,31). The molecule has 3 aromatic rings. The molecule has 1 aromatic carbocycles. The van der Waals surface area contributed by atoms with Crippen molar-refractivity contribution in [3.63, 3.8) is 0 Å². The Morgan fingerprint density at radius 2 is 1.92 bits per heavy atom. The molecule has 1 amide bonds. The number of piperidine rings is 1. The second-order valence-electron chi connectivity index (χ2n) is 10.3. The fourth-order valence-electron chi connectivity index (χ4n) is 5.45. The van der Waals surface area contributed by atoms with Crippen molar-refractivity contribution in [2.75, 3.05) is 32.6 Å². The molecule has 0 radical (unpaired) electrons. The van der Waals surface area contributed by atoms with E-state index in [0.717, 1.165) is 61.4 Å². The average Bonchev–Trinajstić information content (AvgIpc) is 3.66. The topological polar surface area (TPSA) is 97.2 Å². The molecule has 3 heterocycles. The van der Waals surface area contributed by atoms with E-state index in [4.69, 9.17) is 14.8 Å². The van der Waals surface area contributed by atoms with Crippen LogP contribution < -0.4 is 15.4 Å². The molecule has 3 aliphatic rings. The third kappa shape index (κ3) is 4.32. The molecular formula is C27H33N7O2. The highest BCUT2D eigenvalue weighted by Gasteiger charge is 2.35. The summed E-state index contributed by atoms with van der Waals surface area (Å²) in [5, 5.41) is 11.3. The van der Waals surface area contributed by atoms with Gasteiger partial charge >= 0.3 is 0 Å². The molecule has 0 atom stereocenters. The first-order valence-electron chi connectivity index (χ1n) is 12.9. The highest BCUT2D eigenvalue weighted by molar-refractivity contribution is 5.95. The number of anilines is 2. The van der Waals surface area contributed by atoms with Crippen LogP contribution in [0.25, 0.3) is 11.3 Å². The van der Waals surface area contributed by atoms with Crippen LogP contribution >= 0.6 is 0 Å². The number of nitrogens with one attached hydrogen (secondary N) is 2. The van der Waals surface area contributed by atoms with Gasteiger partial charge in [0, 0.05) is 36.3 Å². The second-order valence-corrected chi connectivity index (χ2v) is 10.3. The van der Waals surface area contributed by atoms with Gasteiger partial charge in [-0.1, -0.05) is 0 Å². The van der Waals surface area contributed by atoms with Crippen molar-refractivity contribution in [2.45, 2.75) is 50.5 Å². The molecule has 1 saturated carbocycles. The van der Waals surface area contributed by atoms with E-state index in [1.807, 2.05) is 30.1 Å². The number of nitrogens with zero attached hydrogens (tertiary/aromatic N) is 5. The number of methoxy groups -OCH3 is 1. The number of likely N-dealkylation sites (tertiary alicyclic amines) is 1. The first-order valence-corrected chi connectivity index (χ1v) is 12.9. The molecule has 0 bridgehead atoms. The predicted molar refractivity (Wildman–Crippen MR) is 138 cm³/mol. The summed E-state index contributed by atoms with van der Waals surface area (Å²) in [5.41, 5.74) is 7.07. The van der Waals surface area contributed by atoms with E-state index in [1.165, 1.54) is 24.1 Å². The van der Waals surface area contributed by atoms with Gasteiger partial charge in [-0.15, -0.1) is 0 Å². The number of amides is 1. The summed E-state index contributed by atoms with van der Waals surface area (Å²) in [5.74, 6) is 1.59. The van der Waals surface area contributed by atoms with E-state index in [2.05, 4.69) is 27.6 Å². The maximum atomic E-state index is 12.9. The zero-order valence-electron chi connectivity index (χ0n) is 21.2. The van der Waals surface area contributed by atoms with Crippen LogP contribution in [0.3, 0.4) is 0 Å². The number of hydrogen-bond donors (Lipinski definition) is 2. The fraction of sp³-hybridized carbons (Fsp3) is 0.481. The van der Waals surface area contributed by atoms with Gasteiger partial charge in [-0.25, -0.2) is 9.97 Å². The monoisotopic (exact) mass is 487 g/mol. The molecule has 9 heteroatoms. The predicted octanol–water partition coefficient (Wildman–Crippen LogP) is 3.43. The number of ether oxygens (including phenoxy) is 1. The largest absolute Gasteiger partial charge is 0.495 e. The third-order valence-electron chi connectivity index (χ3n) is 7.62. The van der Waals surface area contributed by atoms with Gasteiger partial charge < -0.3 is 20.3 Å². The van der Waals surface area contributed by atoms with Crippen molar-refractivity contribution < 1.29 is 9.53 Å². The van der Waals surface area contributed by atoms with E-state index in [9.17, 15) is 4.79 Å². The van der Waals surface area contributed by atoms with Gasteiger partial charge in [0.2, 0.25) is 5.95 Å². The van der Waals surface area contributed by atoms with Crippen LogP contribution in [0.2, 0.25) is 0 Å². The Labute approximate surface area is 211 Å². The Morgan fingerprint density at radius 1 is 1.11 bits per heavy atom. The molecule has 2 N–H and O–H groups in total. The molecule has 9 nitrogen and oxygen atoms in total. The number of fused-ring (bicyclic) bond motifs is 3. The minimum absolute atomic E-state index is 0.0730. The van der Waals surface area contributed by atoms with Gasteiger partial charge in [0.25, 0.3) is 5.91 Å². The minimum Gasteiger partial charge on any atom is -0.495 e. The number of carbonyl (C=O) groups is 1. The average molecular weight is 488 g/mol. The number of aryl methyl sites for hydroxylation is 3. The lowest BCUT2D eigenvalue weighted by atomic mass is 9.92. The highest BCUT2D eigenvalue weighted by atomic mass is 16.5. The molecule has 2 aliphatic carbocycles. The highest BCUT2D eigenvalue weighted by Crippen LogP contribution is 2.47. The SMILES string of the molecule is COc1cc(C(=O)NC2CCN(C)CC2)ccc1Nc1ncc2c(n1)-c1c(nn(C)c1C1CC1)CC2. The minimum atomic E-state index is -0.0730. The Hall–Kier alpha value is -3.46. The number of rotatable bonds is 6. The molecule has 6 rings (SSSR count). The number of carbonyl (C=O) groups excluding carboxylic acids is 1. The summed E-state index contributed by atoms with van der Waals surface area (Å²) in [6.07, 6.45) is 8.11. The first kappa shape index (κ1) is 23.0. The Balaban J connectivity index is 1.23. The van der Waals surface area contributed by atoms with Crippen molar-refractivity contribution in [2.24, 2.45) is 7.05 Å². The summed E-state index contributed by atoms with van der Waals surface area (Å²) in [6, 6.07) is 5.66. The molecule has 2 aromatic heterocycles. The van der Waals surface area contributed by atoms with Crippen molar-refractivity contribution in [1.82, 2.24) is 30.0 Å². The number of benzene rings is 1. The zero-order valence-corrected chi connectivity index (χ0v) is 21.2. The van der Waals surface area contributed by atoms with Crippen LogP contribution in [0.1, 0.15) is 58.9 Å². The molecule has 188 valence electrons. The first-order chi connectivity index (χ1) is 17.5. The Kier molecular flexibility index (Phi) is 5.87. The van der Waals surface area contributed by atoms with Gasteiger partial charge in [0.15, 0.2) is 0 Å². The van der Waals surface area contributed by atoms with Crippen molar-refractivity contribution in [3.05, 3.63) is 46.9 Å². The normalized spacial score (nSPS) is 17.9. The van der Waals surface area contributed by atoms with Crippen LogP contribution in [0.5, 0.6) is 5.75 Å². The van der Waals surface area contributed by atoms with Gasteiger partial charge in [-0.2, -0.15) is 5.10 Å². The number of aromatic nitrogens is 4. The van der Waals surface area contributed by atoms with Gasteiger partial charge in [0.05, 0.1) is 29.9 Å². The van der Waals surface area contributed by atoms with Crippen LogP contribution in [-0.2, 0) is 19.9 Å². The molecule has 0 unspecified atom stereocenters. The lowest BCUT2D eigenvalue weighted by Crippen LogP contribution is -2.43. The van der Waals surface area contributed by atoms with E-state index in [0.29, 0.717) is 23.2 Å². The van der Waals surface area contributed by atoms with Crippen molar-refractivity contribution in [1.29, 1.82) is 0 Å². The Bertz CT molecular complexity index is 1310. The van der Waals surface area contributed by atoms with Gasteiger partial charge in [-0.05, 0) is 82.4 Å². The van der Waals surface area contributed by atoms with Crippen molar-refractivity contribution in [3.8, 4) is 17.0 Å². The quantitative estimate of drug-likeness (QED) is 0.550. The zero-order chi connectivity index (χ0) is 24.8. The fourth-order valence-corrected chi connectivity index (χ4v) is 5.45. The maximum absolute atomic E-state index is 12.9. The Morgan fingerprint density at radius 3 is 2.67 bits per heavy atom. The maximum Gasteiger partial charge on any atom is 0.251 e. The summed E-state index contributed by atoms with van der Waals surface area (Å²) in [6.45, 7) is 2.00. The molecule has 1 aliphatic heterocycles. The summed E-state index contributed by atoms with van der Waals surface area (Å²) < 4.78 is 7.67. The lowest BCUT2D eigenvalue weighted by molar-refractivity contribution is 0.0916. The summed E-state index contributed by atoms with van der Waals surface area (Å²) in [4.78, 5) is 24.7. The van der Waals surface area contributed by atoms with Gasteiger partial charge in [-0.3, -0.25) is 9.48 Å². The number of hydrogen-bond acceptors (Lipinski definition) is 7. The van der Waals surface area contributed by atoms with Gasteiger partial charge in [0.1, 0.15) is 5.75 Å².